The van der Waals surface area contributed by atoms with Crippen molar-refractivity contribution >= 4 is 34.0 Å². The van der Waals surface area contributed by atoms with Crippen molar-refractivity contribution < 1.29 is 14.4 Å². The number of morpholine rings is 1. The second-order valence-electron chi connectivity index (χ2n) is 6.26. The number of fused-ring (bicyclic) bond motifs is 1. The van der Waals surface area contributed by atoms with Gasteiger partial charge in [0.2, 0.25) is 0 Å². The first kappa shape index (κ1) is 16.3. The molecule has 0 radical (unpaired) electrons. The summed E-state index contributed by atoms with van der Waals surface area (Å²) in [4.78, 5) is 19.2. The fourth-order valence-electron chi connectivity index (χ4n) is 3.15. The Balaban J connectivity index is 1.55. The zero-order valence-corrected chi connectivity index (χ0v) is 14.9. The van der Waals surface area contributed by atoms with Crippen molar-refractivity contribution in [2.75, 3.05) is 31.6 Å². The number of carbonyl (C=O) groups is 1. The van der Waals surface area contributed by atoms with Crippen molar-refractivity contribution in [2.45, 2.75) is 6.54 Å². The van der Waals surface area contributed by atoms with Crippen molar-refractivity contribution in [3.63, 3.8) is 0 Å². The number of anilines is 1. The number of quaternary nitrogens is 1. The van der Waals surface area contributed by atoms with E-state index < -0.39 is 0 Å². The van der Waals surface area contributed by atoms with E-state index >= 15 is 0 Å². The Morgan fingerprint density at radius 2 is 2.20 bits per heavy atom. The SMILES string of the molecule is Cn1c(C[NH+]2CCOCC2)nc2cc(NC(=O)c3cccs3)ccc21. The number of carbonyl (C=O) groups excluding carboxylic acids is 1. The van der Waals surface area contributed by atoms with Gasteiger partial charge in [0.15, 0.2) is 5.82 Å². The van der Waals surface area contributed by atoms with E-state index in [1.54, 1.807) is 0 Å². The van der Waals surface area contributed by atoms with Gasteiger partial charge in [-0.3, -0.25) is 4.79 Å². The van der Waals surface area contributed by atoms with E-state index in [-0.39, 0.29) is 5.91 Å². The van der Waals surface area contributed by atoms with Gasteiger partial charge in [0.1, 0.15) is 19.6 Å². The molecular formula is C18H21N4O2S+. The lowest BCUT2D eigenvalue weighted by molar-refractivity contribution is -0.922. The Hall–Kier alpha value is -2.22. The predicted octanol–water partition coefficient (Wildman–Crippen LogP) is 1.30. The molecule has 0 aliphatic carbocycles. The maximum atomic E-state index is 12.2. The maximum absolute atomic E-state index is 12.2. The molecule has 2 aromatic heterocycles. The molecule has 0 saturated carbocycles. The molecule has 0 bridgehead atoms. The average Bonchev–Trinajstić information content (AvgIpc) is 3.25. The number of hydrogen-bond donors (Lipinski definition) is 2. The highest BCUT2D eigenvalue weighted by Gasteiger charge is 2.18. The van der Waals surface area contributed by atoms with Gasteiger partial charge in [0.25, 0.3) is 5.91 Å². The number of nitrogens with zero attached hydrogens (tertiary/aromatic N) is 2. The molecule has 4 rings (SSSR count). The molecule has 0 spiro atoms. The van der Waals surface area contributed by atoms with Crippen molar-refractivity contribution in [3.8, 4) is 0 Å². The minimum atomic E-state index is -0.0803. The second-order valence-corrected chi connectivity index (χ2v) is 7.21. The smallest absolute Gasteiger partial charge is 0.265 e. The number of imidazole rings is 1. The third-order valence-corrected chi connectivity index (χ3v) is 5.45. The quantitative estimate of drug-likeness (QED) is 0.740. The van der Waals surface area contributed by atoms with Crippen LogP contribution in [0, 0.1) is 0 Å². The van der Waals surface area contributed by atoms with Crippen molar-refractivity contribution in [1.29, 1.82) is 0 Å². The first-order chi connectivity index (χ1) is 12.2. The van der Waals surface area contributed by atoms with Gasteiger partial charge in [-0.05, 0) is 29.6 Å². The minimum absolute atomic E-state index is 0.0803. The molecule has 0 unspecified atom stereocenters. The topological polar surface area (TPSA) is 60.6 Å². The van der Waals surface area contributed by atoms with E-state index in [2.05, 4.69) is 16.9 Å². The zero-order chi connectivity index (χ0) is 17.2. The molecule has 1 saturated heterocycles. The number of nitrogens with one attached hydrogen (secondary N) is 2. The highest BCUT2D eigenvalue weighted by Crippen LogP contribution is 2.20. The summed E-state index contributed by atoms with van der Waals surface area (Å²) in [5, 5.41) is 4.85. The number of thiophene rings is 1. The van der Waals surface area contributed by atoms with Gasteiger partial charge in [-0.2, -0.15) is 0 Å². The lowest BCUT2D eigenvalue weighted by atomic mass is 10.2. The average molecular weight is 357 g/mol. The van der Waals surface area contributed by atoms with E-state index in [1.807, 2.05) is 35.7 Å². The number of rotatable bonds is 4. The summed E-state index contributed by atoms with van der Waals surface area (Å²) in [5.74, 6) is 0.983. The lowest BCUT2D eigenvalue weighted by Crippen LogP contribution is -3.12. The van der Waals surface area contributed by atoms with Gasteiger partial charge in [0, 0.05) is 12.7 Å². The minimum Gasteiger partial charge on any atom is -0.370 e. The van der Waals surface area contributed by atoms with E-state index in [4.69, 9.17) is 9.72 Å². The standard InChI is InChI=1S/C18H20N4O2S/c1-21-15-5-4-13(19-18(23)16-3-2-10-25-16)11-14(15)20-17(21)12-22-6-8-24-9-7-22/h2-5,10-11H,6-9,12H2,1H3,(H,19,23)/p+1. The van der Waals surface area contributed by atoms with Crippen molar-refractivity contribution in [3.05, 3.63) is 46.4 Å². The lowest BCUT2D eigenvalue weighted by Gasteiger charge is -2.23. The van der Waals surface area contributed by atoms with Crippen LogP contribution in [-0.4, -0.2) is 41.8 Å². The van der Waals surface area contributed by atoms with Crippen LogP contribution in [0.25, 0.3) is 11.0 Å². The molecule has 25 heavy (non-hydrogen) atoms. The first-order valence-corrected chi connectivity index (χ1v) is 9.30. The normalized spacial score (nSPS) is 15.6. The Kier molecular flexibility index (Phi) is 4.52. The van der Waals surface area contributed by atoms with E-state index in [1.165, 1.54) is 16.2 Å². The summed E-state index contributed by atoms with van der Waals surface area (Å²) in [6.45, 7) is 4.57. The molecule has 130 valence electrons. The third-order valence-electron chi connectivity index (χ3n) is 4.58. The number of aryl methyl sites for hydroxylation is 1. The molecule has 1 fully saturated rings. The second kappa shape index (κ2) is 6.95. The highest BCUT2D eigenvalue weighted by molar-refractivity contribution is 7.12. The Morgan fingerprint density at radius 1 is 1.36 bits per heavy atom. The van der Waals surface area contributed by atoms with Gasteiger partial charge < -0.3 is 19.5 Å². The molecule has 3 heterocycles. The number of aromatic nitrogens is 2. The van der Waals surface area contributed by atoms with Crippen molar-refractivity contribution in [2.24, 2.45) is 7.05 Å². The fourth-order valence-corrected chi connectivity index (χ4v) is 3.77. The molecule has 0 atom stereocenters. The monoisotopic (exact) mass is 357 g/mol. The summed E-state index contributed by atoms with van der Waals surface area (Å²) in [6, 6.07) is 9.59. The Labute approximate surface area is 150 Å². The van der Waals surface area contributed by atoms with Crippen LogP contribution in [0.5, 0.6) is 0 Å². The Morgan fingerprint density at radius 3 is 2.96 bits per heavy atom. The maximum Gasteiger partial charge on any atom is 0.265 e. The molecule has 6 nitrogen and oxygen atoms in total. The first-order valence-electron chi connectivity index (χ1n) is 8.42. The predicted molar refractivity (Wildman–Crippen MR) is 98.2 cm³/mol. The van der Waals surface area contributed by atoms with Crippen LogP contribution in [0.2, 0.25) is 0 Å². The number of ether oxygens (including phenoxy) is 1. The molecule has 1 aromatic carbocycles. The highest BCUT2D eigenvalue weighted by atomic mass is 32.1. The molecule has 1 amide bonds. The largest absolute Gasteiger partial charge is 0.370 e. The van der Waals surface area contributed by atoms with Crippen LogP contribution in [0.1, 0.15) is 15.5 Å². The zero-order valence-electron chi connectivity index (χ0n) is 14.1. The van der Waals surface area contributed by atoms with E-state index in [0.717, 1.165) is 55.4 Å². The van der Waals surface area contributed by atoms with Crippen LogP contribution in [0.3, 0.4) is 0 Å². The molecule has 2 N–H and O–H groups in total. The van der Waals surface area contributed by atoms with Gasteiger partial charge in [-0.25, -0.2) is 4.98 Å². The molecule has 1 aliphatic rings. The van der Waals surface area contributed by atoms with Crippen LogP contribution >= 0.6 is 11.3 Å². The van der Waals surface area contributed by atoms with Crippen molar-refractivity contribution in [1.82, 2.24) is 9.55 Å². The van der Waals surface area contributed by atoms with Crippen LogP contribution < -0.4 is 10.2 Å². The van der Waals surface area contributed by atoms with Crippen LogP contribution in [-0.2, 0) is 18.3 Å². The fraction of sp³-hybridized carbons (Fsp3) is 0.333. The van der Waals surface area contributed by atoms with Crippen LogP contribution in [0.15, 0.2) is 35.7 Å². The summed E-state index contributed by atoms with van der Waals surface area (Å²) in [7, 11) is 2.05. The van der Waals surface area contributed by atoms with Gasteiger partial charge in [0.05, 0.1) is 29.1 Å². The molecule has 1 aliphatic heterocycles. The van der Waals surface area contributed by atoms with E-state index in [0.29, 0.717) is 4.88 Å². The van der Waals surface area contributed by atoms with Gasteiger partial charge in [-0.1, -0.05) is 6.07 Å². The molecule has 3 aromatic rings. The van der Waals surface area contributed by atoms with E-state index in [9.17, 15) is 4.79 Å². The van der Waals surface area contributed by atoms with Gasteiger partial charge >= 0.3 is 0 Å². The third kappa shape index (κ3) is 3.44. The molecular weight excluding hydrogens is 336 g/mol. The summed E-state index contributed by atoms with van der Waals surface area (Å²) >= 11 is 1.44. The van der Waals surface area contributed by atoms with Crippen LogP contribution in [0.4, 0.5) is 5.69 Å². The molecule has 7 heteroatoms. The summed E-state index contributed by atoms with van der Waals surface area (Å²) < 4.78 is 7.56. The number of hydrogen-bond acceptors (Lipinski definition) is 4. The number of amides is 1. The number of benzene rings is 1. The Bertz CT molecular complexity index is 882. The van der Waals surface area contributed by atoms with Gasteiger partial charge in [-0.15, -0.1) is 11.3 Å². The summed E-state index contributed by atoms with van der Waals surface area (Å²) in [5.41, 5.74) is 2.76. The summed E-state index contributed by atoms with van der Waals surface area (Å²) in [6.07, 6.45) is 0.